The molecule has 0 fully saturated rings. The summed E-state index contributed by atoms with van der Waals surface area (Å²) < 4.78 is 0. The van der Waals surface area contributed by atoms with Gasteiger partial charge in [-0.05, 0) is 12.3 Å². The predicted molar refractivity (Wildman–Crippen MR) is 38.8 cm³/mol. The summed E-state index contributed by atoms with van der Waals surface area (Å²) in [6, 6.07) is 0. The standard InChI is InChI=1S/C7H10.CH4/c1-6-4-3-5-7(6)2;/h3,5,7H,1,4H2,2H3;1H4. The van der Waals surface area contributed by atoms with Gasteiger partial charge in [-0.15, -0.1) is 0 Å². The van der Waals surface area contributed by atoms with Gasteiger partial charge < -0.3 is 0 Å². The van der Waals surface area contributed by atoms with Gasteiger partial charge in [0.15, 0.2) is 0 Å². The van der Waals surface area contributed by atoms with Crippen LogP contribution in [0.2, 0.25) is 0 Å². The Labute approximate surface area is 51.9 Å². The quantitative estimate of drug-likeness (QED) is 0.421. The number of allylic oxidation sites excluding steroid dienone is 3. The molecule has 0 aliphatic heterocycles. The van der Waals surface area contributed by atoms with Crippen LogP contribution in [0.15, 0.2) is 24.3 Å². The maximum Gasteiger partial charge on any atom is -0.00511 e. The fourth-order valence-corrected chi connectivity index (χ4v) is 0.746. The molecule has 8 heavy (non-hydrogen) atoms. The Kier molecular flexibility index (Phi) is 2.53. The first-order chi connectivity index (χ1) is 3.30. The van der Waals surface area contributed by atoms with Crippen LogP contribution in [-0.4, -0.2) is 0 Å². The fraction of sp³-hybridized carbons (Fsp3) is 0.500. The van der Waals surface area contributed by atoms with Crippen LogP contribution in [0.3, 0.4) is 0 Å². The lowest BCUT2D eigenvalue weighted by Gasteiger charge is -1.96. The molecule has 0 aromatic carbocycles. The molecule has 0 amide bonds. The van der Waals surface area contributed by atoms with E-state index in [1.165, 1.54) is 5.57 Å². The third-order valence-corrected chi connectivity index (χ3v) is 1.45. The van der Waals surface area contributed by atoms with Crippen molar-refractivity contribution in [3.63, 3.8) is 0 Å². The molecule has 1 aliphatic rings. The van der Waals surface area contributed by atoms with Gasteiger partial charge in [-0.1, -0.05) is 38.7 Å². The maximum absolute atomic E-state index is 3.87. The fourth-order valence-electron chi connectivity index (χ4n) is 0.746. The van der Waals surface area contributed by atoms with E-state index in [-0.39, 0.29) is 7.43 Å². The smallest absolute Gasteiger partial charge is 0.00511 e. The topological polar surface area (TPSA) is 0 Å². The highest BCUT2D eigenvalue weighted by atomic mass is 14.1. The Morgan fingerprint density at radius 1 is 1.75 bits per heavy atom. The molecule has 0 radical (unpaired) electrons. The predicted octanol–water partition coefficient (Wildman–Crippen LogP) is 2.77. The van der Waals surface area contributed by atoms with E-state index in [9.17, 15) is 0 Å². The molecule has 0 saturated carbocycles. The largest absolute Gasteiger partial charge is 0.0990 e. The molecule has 0 aromatic rings. The van der Waals surface area contributed by atoms with E-state index >= 15 is 0 Å². The van der Waals surface area contributed by atoms with Gasteiger partial charge in [0.1, 0.15) is 0 Å². The summed E-state index contributed by atoms with van der Waals surface area (Å²) in [5.74, 6) is 0.639. The van der Waals surface area contributed by atoms with Crippen LogP contribution in [0.5, 0.6) is 0 Å². The molecule has 0 N–H and O–H groups in total. The van der Waals surface area contributed by atoms with Gasteiger partial charge in [0.2, 0.25) is 0 Å². The van der Waals surface area contributed by atoms with E-state index < -0.39 is 0 Å². The minimum absolute atomic E-state index is 0. The van der Waals surface area contributed by atoms with E-state index in [0.717, 1.165) is 6.42 Å². The third kappa shape index (κ3) is 1.22. The summed E-state index contributed by atoms with van der Waals surface area (Å²) in [7, 11) is 0. The Balaban J connectivity index is 0.000000490. The van der Waals surface area contributed by atoms with Gasteiger partial charge in [-0.2, -0.15) is 0 Å². The first-order valence-electron chi connectivity index (χ1n) is 2.65. The number of hydrogen-bond acceptors (Lipinski definition) is 0. The van der Waals surface area contributed by atoms with Crippen molar-refractivity contribution < 1.29 is 0 Å². The summed E-state index contributed by atoms with van der Waals surface area (Å²) >= 11 is 0. The highest BCUT2D eigenvalue weighted by Crippen LogP contribution is 2.20. The SMILES string of the molecule is C.C=C1CC=CC1C. The van der Waals surface area contributed by atoms with Crippen LogP contribution in [0, 0.1) is 5.92 Å². The van der Waals surface area contributed by atoms with Gasteiger partial charge in [0.05, 0.1) is 0 Å². The van der Waals surface area contributed by atoms with Crippen LogP contribution in [0.1, 0.15) is 20.8 Å². The van der Waals surface area contributed by atoms with Crippen LogP contribution < -0.4 is 0 Å². The lowest BCUT2D eigenvalue weighted by molar-refractivity contribution is 0.884. The molecular formula is C8H14. The Morgan fingerprint density at radius 2 is 2.38 bits per heavy atom. The zero-order valence-electron chi connectivity index (χ0n) is 4.65. The van der Waals surface area contributed by atoms with Crippen molar-refractivity contribution in [2.45, 2.75) is 20.8 Å². The molecule has 1 aliphatic carbocycles. The summed E-state index contributed by atoms with van der Waals surface area (Å²) in [5.41, 5.74) is 1.35. The Hall–Kier alpha value is -0.520. The summed E-state index contributed by atoms with van der Waals surface area (Å²) in [5, 5.41) is 0. The van der Waals surface area contributed by atoms with Gasteiger partial charge in [-0.3, -0.25) is 0 Å². The molecule has 0 bridgehead atoms. The number of hydrogen-bond donors (Lipinski definition) is 0. The second-order valence-electron chi connectivity index (χ2n) is 2.08. The van der Waals surface area contributed by atoms with E-state index in [1.807, 2.05) is 0 Å². The zero-order chi connectivity index (χ0) is 5.28. The van der Waals surface area contributed by atoms with Crippen molar-refractivity contribution in [3.8, 4) is 0 Å². The van der Waals surface area contributed by atoms with Crippen molar-refractivity contribution >= 4 is 0 Å². The van der Waals surface area contributed by atoms with E-state index in [1.54, 1.807) is 0 Å². The first kappa shape index (κ1) is 7.48. The molecule has 0 heteroatoms. The lowest BCUT2D eigenvalue weighted by atomic mass is 10.1. The van der Waals surface area contributed by atoms with E-state index in [2.05, 4.69) is 25.7 Å². The Bertz CT molecular complexity index is 109. The zero-order valence-corrected chi connectivity index (χ0v) is 4.65. The van der Waals surface area contributed by atoms with Gasteiger partial charge in [0, 0.05) is 0 Å². The van der Waals surface area contributed by atoms with Crippen molar-refractivity contribution in [2.24, 2.45) is 5.92 Å². The molecule has 1 atom stereocenters. The molecular weight excluding hydrogens is 96.1 g/mol. The van der Waals surface area contributed by atoms with Crippen LogP contribution in [0.4, 0.5) is 0 Å². The summed E-state index contributed by atoms with van der Waals surface area (Å²) in [6.07, 6.45) is 5.47. The Morgan fingerprint density at radius 3 is 2.50 bits per heavy atom. The highest BCUT2D eigenvalue weighted by Gasteiger charge is 2.04. The van der Waals surface area contributed by atoms with Crippen LogP contribution >= 0.6 is 0 Å². The molecule has 1 unspecified atom stereocenters. The molecule has 0 saturated heterocycles. The molecule has 46 valence electrons. The van der Waals surface area contributed by atoms with Crippen LogP contribution in [0.25, 0.3) is 0 Å². The summed E-state index contributed by atoms with van der Waals surface area (Å²) in [4.78, 5) is 0. The van der Waals surface area contributed by atoms with Crippen molar-refractivity contribution in [3.05, 3.63) is 24.3 Å². The molecule has 0 heterocycles. The normalized spacial score (nSPS) is 25.6. The van der Waals surface area contributed by atoms with E-state index in [0.29, 0.717) is 5.92 Å². The van der Waals surface area contributed by atoms with Crippen molar-refractivity contribution in [1.82, 2.24) is 0 Å². The molecule has 1 rings (SSSR count). The molecule has 0 nitrogen and oxygen atoms in total. The average Bonchev–Trinajstić information content (AvgIpc) is 1.91. The van der Waals surface area contributed by atoms with Gasteiger partial charge in [0.25, 0.3) is 0 Å². The minimum Gasteiger partial charge on any atom is -0.0990 e. The van der Waals surface area contributed by atoms with Crippen molar-refractivity contribution in [1.29, 1.82) is 0 Å². The average molecular weight is 110 g/mol. The monoisotopic (exact) mass is 110 g/mol. The van der Waals surface area contributed by atoms with E-state index in [4.69, 9.17) is 0 Å². The van der Waals surface area contributed by atoms with Crippen LogP contribution in [-0.2, 0) is 0 Å². The minimum atomic E-state index is 0. The highest BCUT2D eigenvalue weighted by molar-refractivity contribution is 5.18. The second kappa shape index (κ2) is 2.71. The first-order valence-corrected chi connectivity index (χ1v) is 2.65. The second-order valence-corrected chi connectivity index (χ2v) is 2.08. The third-order valence-electron chi connectivity index (χ3n) is 1.45. The molecule has 0 spiro atoms. The maximum atomic E-state index is 3.87. The summed E-state index contributed by atoms with van der Waals surface area (Å²) in [6.45, 7) is 6.05. The van der Waals surface area contributed by atoms with Gasteiger partial charge in [-0.25, -0.2) is 0 Å². The molecule has 0 aromatic heterocycles. The number of rotatable bonds is 0. The van der Waals surface area contributed by atoms with Gasteiger partial charge >= 0.3 is 0 Å². The lowest BCUT2D eigenvalue weighted by Crippen LogP contribution is -1.83. The van der Waals surface area contributed by atoms with Crippen molar-refractivity contribution in [2.75, 3.05) is 0 Å².